The molecule has 2 aromatic rings. The molecule has 0 saturated heterocycles. The molecule has 0 radical (unpaired) electrons. The minimum absolute atomic E-state index is 0. The molecule has 4 nitrogen and oxygen atoms in total. The number of halogens is 2. The first kappa shape index (κ1) is 12.6. The molecule has 2 rings (SSSR count). The summed E-state index contributed by atoms with van der Waals surface area (Å²) < 4.78 is 2.27. The Kier molecular flexibility index (Phi) is 3.85. The fourth-order valence-corrected chi connectivity index (χ4v) is 1.96. The van der Waals surface area contributed by atoms with Crippen LogP contribution in [0.5, 0.6) is 0 Å². The molecule has 0 atom stereocenters. The number of imidazole rings is 1. The number of aromatic nitrogens is 2. The van der Waals surface area contributed by atoms with E-state index in [4.69, 9.17) is 11.6 Å². The average molecular weight is 281 g/mol. The molecule has 2 heterocycles. The van der Waals surface area contributed by atoms with Crippen LogP contribution in [0.25, 0.3) is 5.65 Å². The van der Waals surface area contributed by atoms with Crippen molar-refractivity contribution in [3.8, 4) is 0 Å². The van der Waals surface area contributed by atoms with Gasteiger partial charge in [-0.2, -0.15) is 0 Å². The number of nitrogens with zero attached hydrogens (tertiary/aromatic N) is 2. The summed E-state index contributed by atoms with van der Waals surface area (Å²) in [5.41, 5.74) is 0.263. The number of carbonyl (C=O) groups is 1. The Labute approximate surface area is 111 Å². The van der Waals surface area contributed by atoms with Crippen molar-refractivity contribution >= 4 is 39.1 Å². The number of carbonyl (C=O) groups excluding carboxylic acids is 1. The van der Waals surface area contributed by atoms with Gasteiger partial charge in [0.1, 0.15) is 5.69 Å². The Morgan fingerprint density at radius 3 is 2.80 bits per heavy atom. The number of hydrogen-bond acceptors (Lipinski definition) is 3. The summed E-state index contributed by atoms with van der Waals surface area (Å²) >= 11 is 9.09. The molecule has 0 amide bonds. The molecule has 7 heteroatoms. The fraction of sp³-hybridized carbons (Fsp3) is 0. The Hall–Kier alpha value is -0.473. The van der Waals surface area contributed by atoms with Gasteiger partial charge < -0.3 is 14.3 Å². The SMILES string of the molecule is O=C([O-])c1cn2cc(Br)cc(Cl)c2n1.[Li+]. The van der Waals surface area contributed by atoms with Gasteiger partial charge >= 0.3 is 18.9 Å². The molecule has 0 aliphatic heterocycles. The third-order valence-corrected chi connectivity index (χ3v) is 2.39. The minimum Gasteiger partial charge on any atom is -0.543 e. The number of carboxylic acid groups (broad SMARTS) is 1. The molecular formula is C8H3BrClLiN2O2. The van der Waals surface area contributed by atoms with Crippen LogP contribution in [-0.4, -0.2) is 15.4 Å². The van der Waals surface area contributed by atoms with E-state index in [1.54, 1.807) is 12.3 Å². The first-order valence-electron chi connectivity index (χ1n) is 3.63. The van der Waals surface area contributed by atoms with Gasteiger partial charge in [-0.15, -0.1) is 0 Å². The molecule has 0 fully saturated rings. The first-order valence-corrected chi connectivity index (χ1v) is 4.80. The van der Waals surface area contributed by atoms with Crippen LogP contribution in [0.15, 0.2) is 22.9 Å². The van der Waals surface area contributed by atoms with Crippen molar-refractivity contribution in [2.75, 3.05) is 0 Å². The van der Waals surface area contributed by atoms with Gasteiger partial charge in [0.05, 0.1) is 11.0 Å². The van der Waals surface area contributed by atoms with Gasteiger partial charge in [-0.3, -0.25) is 0 Å². The van der Waals surface area contributed by atoms with E-state index in [0.717, 1.165) is 4.47 Å². The zero-order valence-corrected chi connectivity index (χ0v) is 10.0. The van der Waals surface area contributed by atoms with E-state index in [0.29, 0.717) is 10.7 Å². The summed E-state index contributed by atoms with van der Waals surface area (Å²) in [6.07, 6.45) is 3.02. The van der Waals surface area contributed by atoms with Gasteiger partial charge in [-0.05, 0) is 22.0 Å². The normalized spacial score (nSPS) is 10.0. The van der Waals surface area contributed by atoms with Crippen LogP contribution < -0.4 is 24.0 Å². The van der Waals surface area contributed by atoms with Crippen molar-refractivity contribution in [2.24, 2.45) is 0 Å². The molecule has 15 heavy (non-hydrogen) atoms. The Morgan fingerprint density at radius 1 is 1.53 bits per heavy atom. The van der Waals surface area contributed by atoms with Gasteiger partial charge in [-0.25, -0.2) is 4.98 Å². The summed E-state index contributed by atoms with van der Waals surface area (Å²) in [7, 11) is 0. The molecular weight excluding hydrogens is 278 g/mol. The fourth-order valence-electron chi connectivity index (χ4n) is 1.12. The standard InChI is InChI=1S/C8H4BrClN2O2.Li/c9-4-1-5(10)7-11-6(8(13)14)3-12(7)2-4;/h1-3H,(H,13,14);/q;+1/p-1. The van der Waals surface area contributed by atoms with Gasteiger partial charge in [0.25, 0.3) is 0 Å². The topological polar surface area (TPSA) is 57.4 Å². The maximum Gasteiger partial charge on any atom is 1.00 e. The second-order valence-electron chi connectivity index (χ2n) is 2.65. The van der Waals surface area contributed by atoms with Gasteiger partial charge in [0, 0.05) is 16.9 Å². The number of hydrogen-bond donors (Lipinski definition) is 0. The molecule has 0 N–H and O–H groups in total. The van der Waals surface area contributed by atoms with Crippen LogP contribution in [0.1, 0.15) is 10.5 Å². The van der Waals surface area contributed by atoms with Crippen molar-refractivity contribution in [3.63, 3.8) is 0 Å². The predicted molar refractivity (Wildman–Crippen MR) is 52.2 cm³/mol. The largest absolute Gasteiger partial charge is 1.00 e. The smallest absolute Gasteiger partial charge is 0.543 e. The van der Waals surface area contributed by atoms with E-state index in [9.17, 15) is 9.90 Å². The van der Waals surface area contributed by atoms with Crippen LogP contribution in [0.4, 0.5) is 0 Å². The molecule has 0 aromatic carbocycles. The molecule has 2 aromatic heterocycles. The minimum atomic E-state index is -1.32. The Balaban J connectivity index is 0.00000112. The summed E-state index contributed by atoms with van der Waals surface area (Å²) in [5, 5.41) is 10.9. The van der Waals surface area contributed by atoms with Crippen molar-refractivity contribution in [1.82, 2.24) is 9.38 Å². The average Bonchev–Trinajstić information content (AvgIpc) is 2.47. The van der Waals surface area contributed by atoms with Crippen molar-refractivity contribution in [2.45, 2.75) is 0 Å². The Morgan fingerprint density at radius 2 is 2.20 bits per heavy atom. The van der Waals surface area contributed by atoms with E-state index >= 15 is 0 Å². The van der Waals surface area contributed by atoms with Crippen molar-refractivity contribution in [3.05, 3.63) is 33.6 Å². The number of rotatable bonds is 1. The molecule has 0 saturated carbocycles. The monoisotopic (exact) mass is 280 g/mol. The quantitative estimate of drug-likeness (QED) is 0.575. The number of aromatic carboxylic acids is 1. The van der Waals surface area contributed by atoms with Crippen LogP contribution in [-0.2, 0) is 0 Å². The maximum atomic E-state index is 10.5. The first-order chi connectivity index (χ1) is 6.58. The molecule has 0 bridgehead atoms. The van der Waals surface area contributed by atoms with Gasteiger partial charge in [0.15, 0.2) is 5.65 Å². The second-order valence-corrected chi connectivity index (χ2v) is 3.97. The summed E-state index contributed by atoms with van der Waals surface area (Å²) in [6, 6.07) is 1.64. The van der Waals surface area contributed by atoms with E-state index in [1.807, 2.05) is 0 Å². The summed E-state index contributed by atoms with van der Waals surface area (Å²) in [5.74, 6) is -1.32. The number of carboxylic acids is 1. The van der Waals surface area contributed by atoms with E-state index in [2.05, 4.69) is 20.9 Å². The summed E-state index contributed by atoms with van der Waals surface area (Å²) in [4.78, 5) is 14.3. The zero-order valence-electron chi connectivity index (χ0n) is 7.70. The van der Waals surface area contributed by atoms with Crippen LogP contribution in [0.2, 0.25) is 5.02 Å². The molecule has 0 aliphatic carbocycles. The van der Waals surface area contributed by atoms with Crippen molar-refractivity contribution < 1.29 is 28.8 Å². The van der Waals surface area contributed by atoms with Gasteiger partial charge in [0.2, 0.25) is 0 Å². The van der Waals surface area contributed by atoms with E-state index in [1.165, 1.54) is 10.6 Å². The Bertz CT molecular complexity index is 529. The predicted octanol–water partition coefficient (Wildman–Crippen LogP) is -1.88. The molecule has 0 aliphatic rings. The number of fused-ring (bicyclic) bond motifs is 1. The van der Waals surface area contributed by atoms with E-state index in [-0.39, 0.29) is 24.6 Å². The zero-order chi connectivity index (χ0) is 10.3. The van der Waals surface area contributed by atoms with E-state index < -0.39 is 5.97 Å². The molecule has 0 unspecified atom stereocenters. The second kappa shape index (κ2) is 4.58. The third-order valence-electron chi connectivity index (χ3n) is 1.68. The number of pyridine rings is 1. The molecule has 72 valence electrons. The van der Waals surface area contributed by atoms with Crippen molar-refractivity contribution in [1.29, 1.82) is 0 Å². The maximum absolute atomic E-state index is 10.5. The van der Waals surface area contributed by atoms with Gasteiger partial charge in [-0.1, -0.05) is 11.6 Å². The van der Waals surface area contributed by atoms with Crippen LogP contribution in [0, 0.1) is 0 Å². The molecule has 0 spiro atoms. The summed E-state index contributed by atoms with van der Waals surface area (Å²) in [6.45, 7) is 0. The van der Waals surface area contributed by atoms with Crippen LogP contribution >= 0.6 is 27.5 Å². The third kappa shape index (κ3) is 2.37. The van der Waals surface area contributed by atoms with Crippen LogP contribution in [0.3, 0.4) is 0 Å².